The highest BCUT2D eigenvalue weighted by Gasteiger charge is 2.20. The van der Waals surface area contributed by atoms with Gasteiger partial charge in [0.05, 0.1) is 18.1 Å². The summed E-state index contributed by atoms with van der Waals surface area (Å²) in [6.07, 6.45) is 3.72. The Bertz CT molecular complexity index is 863. The first-order chi connectivity index (χ1) is 14.0. The molecule has 3 rings (SSSR count). The molecule has 2 aromatic rings. The average molecular weight is 398 g/mol. The summed E-state index contributed by atoms with van der Waals surface area (Å²) in [6, 6.07) is 11.7. The molecule has 0 aromatic heterocycles. The Kier molecular flexibility index (Phi) is 6.54. The van der Waals surface area contributed by atoms with E-state index in [1.807, 2.05) is 24.3 Å². The van der Waals surface area contributed by atoms with E-state index in [9.17, 15) is 14.9 Å². The number of carbonyl (C=O) groups is 1. The van der Waals surface area contributed by atoms with Gasteiger partial charge in [-0.15, -0.1) is 0 Å². The minimum absolute atomic E-state index is 0.134. The molecular weight excluding hydrogens is 372 g/mol. The molecule has 8 heteroatoms. The van der Waals surface area contributed by atoms with E-state index >= 15 is 0 Å². The van der Waals surface area contributed by atoms with Crippen molar-refractivity contribution in [2.75, 3.05) is 35.7 Å². The highest BCUT2D eigenvalue weighted by atomic mass is 16.6. The van der Waals surface area contributed by atoms with Gasteiger partial charge in [0.1, 0.15) is 17.5 Å². The third-order valence-corrected chi connectivity index (χ3v) is 5.02. The standard InChI is InChI=1S/C21H26N4O4/c1-15(21(26)23-19-11-10-18(29-2)14-20(19)25(27)28)22-16-6-8-17(9-7-16)24-12-4-3-5-13-24/h6-11,14-15,22H,3-5,12-13H2,1-2H3,(H,23,26)/t15-/m1/s1. The Morgan fingerprint density at radius 1 is 1.14 bits per heavy atom. The number of hydrogen-bond acceptors (Lipinski definition) is 6. The average Bonchev–Trinajstić information content (AvgIpc) is 2.75. The summed E-state index contributed by atoms with van der Waals surface area (Å²) >= 11 is 0. The second-order valence-corrected chi connectivity index (χ2v) is 7.09. The van der Waals surface area contributed by atoms with Crippen LogP contribution in [0.1, 0.15) is 26.2 Å². The van der Waals surface area contributed by atoms with E-state index in [4.69, 9.17) is 4.74 Å². The van der Waals surface area contributed by atoms with Gasteiger partial charge in [0.25, 0.3) is 5.69 Å². The number of nitrogens with one attached hydrogen (secondary N) is 2. The Balaban J connectivity index is 1.63. The van der Waals surface area contributed by atoms with Gasteiger partial charge in [-0.25, -0.2) is 0 Å². The van der Waals surface area contributed by atoms with Crippen LogP contribution in [0.5, 0.6) is 5.75 Å². The molecule has 0 unspecified atom stereocenters. The molecule has 0 spiro atoms. The van der Waals surface area contributed by atoms with E-state index < -0.39 is 11.0 Å². The molecule has 1 amide bonds. The smallest absolute Gasteiger partial charge is 0.296 e. The summed E-state index contributed by atoms with van der Waals surface area (Å²) in [7, 11) is 1.43. The Labute approximate surface area is 170 Å². The van der Waals surface area contributed by atoms with Crippen molar-refractivity contribution in [3.8, 4) is 5.75 Å². The van der Waals surface area contributed by atoms with Crippen LogP contribution in [-0.2, 0) is 4.79 Å². The SMILES string of the molecule is COc1ccc(NC(=O)[C@@H](C)Nc2ccc(N3CCCCC3)cc2)c([N+](=O)[O-])c1. The summed E-state index contributed by atoms with van der Waals surface area (Å²) < 4.78 is 5.01. The van der Waals surface area contributed by atoms with Gasteiger partial charge in [-0.2, -0.15) is 0 Å². The number of ether oxygens (including phenoxy) is 1. The second kappa shape index (κ2) is 9.27. The van der Waals surface area contributed by atoms with Crippen LogP contribution in [0, 0.1) is 10.1 Å². The Hall–Kier alpha value is -3.29. The number of methoxy groups -OCH3 is 1. The molecule has 2 N–H and O–H groups in total. The zero-order chi connectivity index (χ0) is 20.8. The number of piperidine rings is 1. The summed E-state index contributed by atoms with van der Waals surface area (Å²) in [4.78, 5) is 25.6. The Morgan fingerprint density at radius 2 is 1.83 bits per heavy atom. The van der Waals surface area contributed by atoms with Crippen molar-refractivity contribution in [2.24, 2.45) is 0 Å². The minimum Gasteiger partial charge on any atom is -0.496 e. The second-order valence-electron chi connectivity index (χ2n) is 7.09. The molecule has 0 bridgehead atoms. The first-order valence-corrected chi connectivity index (χ1v) is 9.73. The number of amides is 1. The molecule has 1 aliphatic rings. The van der Waals surface area contributed by atoms with Gasteiger partial charge in [-0.1, -0.05) is 0 Å². The molecule has 8 nitrogen and oxygen atoms in total. The normalized spacial score (nSPS) is 14.8. The number of nitro benzene ring substituents is 1. The highest BCUT2D eigenvalue weighted by molar-refractivity contribution is 5.98. The number of carbonyl (C=O) groups excluding carboxylic acids is 1. The van der Waals surface area contributed by atoms with E-state index in [0.29, 0.717) is 5.75 Å². The van der Waals surface area contributed by atoms with Crippen LogP contribution in [0.2, 0.25) is 0 Å². The third-order valence-electron chi connectivity index (χ3n) is 5.02. The fraction of sp³-hybridized carbons (Fsp3) is 0.381. The van der Waals surface area contributed by atoms with Crippen LogP contribution >= 0.6 is 0 Å². The van der Waals surface area contributed by atoms with Gasteiger partial charge in [-0.3, -0.25) is 14.9 Å². The van der Waals surface area contributed by atoms with Crippen LogP contribution in [-0.4, -0.2) is 37.1 Å². The summed E-state index contributed by atoms with van der Waals surface area (Å²) in [5, 5.41) is 17.0. The van der Waals surface area contributed by atoms with Crippen LogP contribution in [0.4, 0.5) is 22.7 Å². The molecular formula is C21H26N4O4. The molecule has 2 aromatic carbocycles. The molecule has 0 radical (unpaired) electrons. The minimum atomic E-state index is -0.572. The van der Waals surface area contributed by atoms with Crippen LogP contribution < -0.4 is 20.3 Å². The van der Waals surface area contributed by atoms with Crippen LogP contribution in [0.25, 0.3) is 0 Å². The molecule has 1 aliphatic heterocycles. The fourth-order valence-corrected chi connectivity index (χ4v) is 3.37. The van der Waals surface area contributed by atoms with Gasteiger partial charge in [0, 0.05) is 24.5 Å². The van der Waals surface area contributed by atoms with Gasteiger partial charge < -0.3 is 20.3 Å². The maximum Gasteiger partial charge on any atom is 0.296 e. The third kappa shape index (κ3) is 5.16. The number of anilines is 3. The molecule has 1 fully saturated rings. The van der Waals surface area contributed by atoms with E-state index in [2.05, 4.69) is 15.5 Å². The maximum atomic E-state index is 12.5. The first-order valence-electron chi connectivity index (χ1n) is 9.73. The van der Waals surface area contributed by atoms with E-state index in [0.717, 1.165) is 18.8 Å². The van der Waals surface area contributed by atoms with Crippen molar-refractivity contribution in [2.45, 2.75) is 32.2 Å². The van der Waals surface area contributed by atoms with Crippen molar-refractivity contribution < 1.29 is 14.5 Å². The summed E-state index contributed by atoms with van der Waals surface area (Å²) in [5.74, 6) is -0.00644. The lowest BCUT2D eigenvalue weighted by Crippen LogP contribution is -2.32. The van der Waals surface area contributed by atoms with Gasteiger partial charge in [0.2, 0.25) is 5.91 Å². The lowest BCUT2D eigenvalue weighted by atomic mass is 10.1. The van der Waals surface area contributed by atoms with Crippen molar-refractivity contribution in [3.05, 3.63) is 52.6 Å². The zero-order valence-electron chi connectivity index (χ0n) is 16.7. The largest absolute Gasteiger partial charge is 0.496 e. The number of nitrogens with zero attached hydrogens (tertiary/aromatic N) is 2. The topological polar surface area (TPSA) is 96.7 Å². The molecule has 0 saturated carbocycles. The lowest BCUT2D eigenvalue weighted by molar-refractivity contribution is -0.384. The van der Waals surface area contributed by atoms with E-state index in [1.54, 1.807) is 13.0 Å². The Morgan fingerprint density at radius 3 is 2.45 bits per heavy atom. The van der Waals surface area contributed by atoms with Gasteiger partial charge in [0.15, 0.2) is 0 Å². The maximum absolute atomic E-state index is 12.5. The van der Waals surface area contributed by atoms with Crippen molar-refractivity contribution >= 4 is 28.7 Å². The van der Waals surface area contributed by atoms with Crippen LogP contribution in [0.15, 0.2) is 42.5 Å². The number of rotatable bonds is 7. The zero-order valence-corrected chi connectivity index (χ0v) is 16.7. The van der Waals surface area contributed by atoms with E-state index in [-0.39, 0.29) is 17.3 Å². The van der Waals surface area contributed by atoms with E-state index in [1.165, 1.54) is 44.2 Å². The summed E-state index contributed by atoms with van der Waals surface area (Å²) in [5.41, 5.74) is 1.92. The first kappa shape index (κ1) is 20.4. The number of nitro groups is 1. The predicted molar refractivity (Wildman–Crippen MR) is 114 cm³/mol. The lowest BCUT2D eigenvalue weighted by Gasteiger charge is -2.29. The van der Waals surface area contributed by atoms with Crippen molar-refractivity contribution in [3.63, 3.8) is 0 Å². The number of benzene rings is 2. The molecule has 154 valence electrons. The fourth-order valence-electron chi connectivity index (χ4n) is 3.37. The predicted octanol–water partition coefficient (Wildman–Crippen LogP) is 4.03. The monoisotopic (exact) mass is 398 g/mol. The molecule has 1 atom stereocenters. The summed E-state index contributed by atoms with van der Waals surface area (Å²) in [6.45, 7) is 3.86. The molecule has 29 heavy (non-hydrogen) atoms. The number of hydrogen-bond donors (Lipinski definition) is 2. The highest BCUT2D eigenvalue weighted by Crippen LogP contribution is 2.29. The van der Waals surface area contributed by atoms with Crippen LogP contribution in [0.3, 0.4) is 0 Å². The molecule has 0 aliphatic carbocycles. The quantitative estimate of drug-likeness (QED) is 0.540. The van der Waals surface area contributed by atoms with Crippen molar-refractivity contribution in [1.29, 1.82) is 0 Å². The molecule has 1 saturated heterocycles. The van der Waals surface area contributed by atoms with Crippen molar-refractivity contribution in [1.82, 2.24) is 0 Å². The molecule has 1 heterocycles. The van der Waals surface area contributed by atoms with Gasteiger partial charge >= 0.3 is 0 Å². The van der Waals surface area contributed by atoms with Gasteiger partial charge in [-0.05, 0) is 62.6 Å².